The number of benzene rings is 2. The zero-order valence-electron chi connectivity index (χ0n) is 13.6. The average molecular weight is 406 g/mol. The van der Waals surface area contributed by atoms with E-state index in [-0.39, 0.29) is 29.3 Å². The Kier molecular flexibility index (Phi) is 5.87. The first kappa shape index (κ1) is 18.6. The highest BCUT2D eigenvalue weighted by atomic mass is 79.9. The van der Waals surface area contributed by atoms with Crippen LogP contribution in [0.15, 0.2) is 40.9 Å². The number of rotatable bonds is 5. The molecule has 25 heavy (non-hydrogen) atoms. The molecule has 2 aromatic carbocycles. The normalized spacial score (nSPS) is 10.2. The number of nitrogens with zero attached hydrogens (tertiary/aromatic N) is 1. The first-order chi connectivity index (χ1) is 11.8. The van der Waals surface area contributed by atoms with Gasteiger partial charge in [-0.15, -0.1) is 0 Å². The van der Waals surface area contributed by atoms with Gasteiger partial charge in [-0.1, -0.05) is 22.0 Å². The lowest BCUT2D eigenvalue weighted by atomic mass is 10.1. The van der Waals surface area contributed by atoms with E-state index in [0.29, 0.717) is 5.69 Å². The summed E-state index contributed by atoms with van der Waals surface area (Å²) < 4.78 is 0.900. The van der Waals surface area contributed by atoms with Crippen LogP contribution in [0, 0.1) is 24.0 Å². The Bertz CT molecular complexity index is 852. The summed E-state index contributed by atoms with van der Waals surface area (Å²) in [7, 11) is 0. The molecule has 2 aromatic rings. The van der Waals surface area contributed by atoms with Crippen LogP contribution in [0.4, 0.5) is 11.4 Å². The van der Waals surface area contributed by atoms with E-state index in [9.17, 15) is 19.7 Å². The molecule has 2 amide bonds. The maximum absolute atomic E-state index is 12.2. The fourth-order valence-corrected chi connectivity index (χ4v) is 2.76. The fraction of sp³-hybridized carbons (Fsp3) is 0.176. The van der Waals surface area contributed by atoms with Crippen LogP contribution in [0.1, 0.15) is 21.5 Å². The van der Waals surface area contributed by atoms with Crippen molar-refractivity contribution in [2.45, 2.75) is 13.8 Å². The summed E-state index contributed by atoms with van der Waals surface area (Å²) in [4.78, 5) is 34.6. The highest BCUT2D eigenvalue weighted by Crippen LogP contribution is 2.21. The first-order valence-electron chi connectivity index (χ1n) is 7.38. The third-order valence-electron chi connectivity index (χ3n) is 3.62. The van der Waals surface area contributed by atoms with Crippen molar-refractivity contribution in [2.24, 2.45) is 0 Å². The molecule has 0 saturated heterocycles. The SMILES string of the molecule is Cc1cc(Br)ccc1NC(=O)CNC(=O)c1cccc([N+](=O)[O-])c1C. The average Bonchev–Trinajstić information content (AvgIpc) is 2.55. The van der Waals surface area contributed by atoms with Gasteiger partial charge in [-0.05, 0) is 43.7 Å². The van der Waals surface area contributed by atoms with Crippen LogP contribution in [0.25, 0.3) is 0 Å². The van der Waals surface area contributed by atoms with Crippen molar-refractivity contribution in [3.8, 4) is 0 Å². The summed E-state index contributed by atoms with van der Waals surface area (Å²) in [5, 5.41) is 16.1. The van der Waals surface area contributed by atoms with Gasteiger partial charge in [0.1, 0.15) is 0 Å². The Morgan fingerprint density at radius 3 is 2.56 bits per heavy atom. The van der Waals surface area contributed by atoms with Crippen molar-refractivity contribution in [3.63, 3.8) is 0 Å². The van der Waals surface area contributed by atoms with Gasteiger partial charge in [0, 0.05) is 27.4 Å². The monoisotopic (exact) mass is 405 g/mol. The van der Waals surface area contributed by atoms with Gasteiger partial charge < -0.3 is 10.6 Å². The number of anilines is 1. The smallest absolute Gasteiger partial charge is 0.273 e. The predicted octanol–water partition coefficient (Wildman–Crippen LogP) is 3.34. The van der Waals surface area contributed by atoms with Crippen LogP contribution in [-0.2, 0) is 4.79 Å². The van der Waals surface area contributed by atoms with Gasteiger partial charge >= 0.3 is 0 Å². The lowest BCUT2D eigenvalue weighted by Gasteiger charge is -2.10. The molecule has 0 unspecified atom stereocenters. The summed E-state index contributed by atoms with van der Waals surface area (Å²) in [5.74, 6) is -0.925. The van der Waals surface area contributed by atoms with E-state index in [1.165, 1.54) is 25.1 Å². The van der Waals surface area contributed by atoms with Crippen molar-refractivity contribution in [3.05, 3.63) is 67.7 Å². The standard InChI is InChI=1S/C17H16BrN3O4/c1-10-8-12(18)6-7-14(10)20-16(22)9-19-17(23)13-4-3-5-15(11(13)2)21(24)25/h3-8H,9H2,1-2H3,(H,19,23)(H,20,22). The summed E-state index contributed by atoms with van der Waals surface area (Å²) >= 11 is 3.34. The van der Waals surface area contributed by atoms with Crippen LogP contribution in [0.2, 0.25) is 0 Å². The molecule has 0 aliphatic carbocycles. The van der Waals surface area contributed by atoms with Crippen molar-refractivity contribution < 1.29 is 14.5 Å². The minimum Gasteiger partial charge on any atom is -0.343 e. The van der Waals surface area contributed by atoms with E-state index in [4.69, 9.17) is 0 Å². The van der Waals surface area contributed by atoms with Gasteiger partial charge in [-0.3, -0.25) is 19.7 Å². The lowest BCUT2D eigenvalue weighted by molar-refractivity contribution is -0.385. The quantitative estimate of drug-likeness (QED) is 0.587. The number of amides is 2. The second kappa shape index (κ2) is 7.89. The van der Waals surface area contributed by atoms with Gasteiger partial charge in [0.15, 0.2) is 0 Å². The number of nitro benzene ring substituents is 1. The zero-order chi connectivity index (χ0) is 18.6. The highest BCUT2D eigenvalue weighted by molar-refractivity contribution is 9.10. The summed E-state index contributed by atoms with van der Waals surface area (Å²) in [5.41, 5.74) is 1.82. The van der Waals surface area contributed by atoms with Gasteiger partial charge in [-0.25, -0.2) is 0 Å². The van der Waals surface area contributed by atoms with Crippen molar-refractivity contribution >= 4 is 39.1 Å². The summed E-state index contributed by atoms with van der Waals surface area (Å²) in [6.45, 7) is 3.11. The second-order valence-electron chi connectivity index (χ2n) is 5.40. The zero-order valence-corrected chi connectivity index (χ0v) is 15.2. The molecule has 0 bridgehead atoms. The lowest BCUT2D eigenvalue weighted by Crippen LogP contribution is -2.33. The van der Waals surface area contributed by atoms with Crippen molar-refractivity contribution in [1.29, 1.82) is 0 Å². The molecule has 0 atom stereocenters. The van der Waals surface area contributed by atoms with Gasteiger partial charge in [0.05, 0.1) is 11.5 Å². The van der Waals surface area contributed by atoms with E-state index < -0.39 is 10.8 Å². The maximum Gasteiger partial charge on any atom is 0.273 e. The third-order valence-corrected chi connectivity index (χ3v) is 4.11. The van der Waals surface area contributed by atoms with Crippen LogP contribution < -0.4 is 10.6 Å². The number of carbonyl (C=O) groups is 2. The molecule has 2 rings (SSSR count). The maximum atomic E-state index is 12.2. The number of nitro groups is 1. The molecule has 0 radical (unpaired) electrons. The Labute approximate surface area is 152 Å². The minimum absolute atomic E-state index is 0.136. The number of halogens is 1. The Hall–Kier alpha value is -2.74. The van der Waals surface area contributed by atoms with E-state index in [1.807, 2.05) is 13.0 Å². The fourth-order valence-electron chi connectivity index (χ4n) is 2.28. The van der Waals surface area contributed by atoms with Crippen molar-refractivity contribution in [1.82, 2.24) is 5.32 Å². The number of aryl methyl sites for hydroxylation is 1. The largest absolute Gasteiger partial charge is 0.343 e. The number of hydrogen-bond acceptors (Lipinski definition) is 4. The van der Waals surface area contributed by atoms with E-state index >= 15 is 0 Å². The Balaban J connectivity index is 2.01. The first-order valence-corrected chi connectivity index (χ1v) is 8.17. The molecule has 0 aromatic heterocycles. The number of hydrogen-bond donors (Lipinski definition) is 2. The highest BCUT2D eigenvalue weighted by Gasteiger charge is 2.18. The van der Waals surface area contributed by atoms with E-state index in [0.717, 1.165) is 10.0 Å². The molecular formula is C17H16BrN3O4. The molecule has 8 heteroatoms. The molecule has 0 fully saturated rings. The summed E-state index contributed by atoms with van der Waals surface area (Å²) in [6, 6.07) is 9.66. The van der Waals surface area contributed by atoms with E-state index in [2.05, 4.69) is 26.6 Å². The van der Waals surface area contributed by atoms with Crippen LogP contribution in [-0.4, -0.2) is 23.3 Å². The van der Waals surface area contributed by atoms with Crippen LogP contribution >= 0.6 is 15.9 Å². The predicted molar refractivity (Wildman–Crippen MR) is 97.7 cm³/mol. The third kappa shape index (κ3) is 4.63. The number of nitrogens with one attached hydrogen (secondary N) is 2. The van der Waals surface area contributed by atoms with Crippen LogP contribution in [0.5, 0.6) is 0 Å². The molecule has 0 saturated carbocycles. The van der Waals surface area contributed by atoms with Gasteiger partial charge in [-0.2, -0.15) is 0 Å². The molecule has 0 heterocycles. The van der Waals surface area contributed by atoms with Gasteiger partial charge in [0.25, 0.3) is 11.6 Å². The number of carbonyl (C=O) groups excluding carboxylic acids is 2. The minimum atomic E-state index is -0.546. The molecule has 130 valence electrons. The molecule has 0 aliphatic rings. The molecular weight excluding hydrogens is 390 g/mol. The Morgan fingerprint density at radius 2 is 1.92 bits per heavy atom. The Morgan fingerprint density at radius 1 is 1.20 bits per heavy atom. The second-order valence-corrected chi connectivity index (χ2v) is 6.31. The molecule has 0 spiro atoms. The van der Waals surface area contributed by atoms with Gasteiger partial charge in [0.2, 0.25) is 5.91 Å². The van der Waals surface area contributed by atoms with Crippen molar-refractivity contribution in [2.75, 3.05) is 11.9 Å². The van der Waals surface area contributed by atoms with Crippen LogP contribution in [0.3, 0.4) is 0 Å². The molecule has 7 nitrogen and oxygen atoms in total. The van der Waals surface area contributed by atoms with E-state index in [1.54, 1.807) is 12.1 Å². The molecule has 0 aliphatic heterocycles. The summed E-state index contributed by atoms with van der Waals surface area (Å²) in [6.07, 6.45) is 0. The molecule has 2 N–H and O–H groups in total. The topological polar surface area (TPSA) is 101 Å².